The quantitative estimate of drug-likeness (QED) is 0.932. The molecule has 2 aromatic rings. The van der Waals surface area contributed by atoms with Crippen LogP contribution in [0, 0.1) is 6.92 Å². The molecular formula is C14H18N2O4S. The Labute approximate surface area is 123 Å². The first-order chi connectivity index (χ1) is 9.78. The lowest BCUT2D eigenvalue weighted by Gasteiger charge is -2.08. The van der Waals surface area contributed by atoms with E-state index in [1.54, 1.807) is 19.1 Å². The molecule has 1 heterocycles. The molecule has 114 valence electrons. The summed E-state index contributed by atoms with van der Waals surface area (Å²) in [6.07, 6.45) is 0.656. The smallest absolute Gasteiger partial charge is 0.364 e. The number of hydrogen-bond acceptors (Lipinski definition) is 5. The van der Waals surface area contributed by atoms with Gasteiger partial charge in [0.2, 0.25) is 0 Å². The first-order valence-electron chi connectivity index (χ1n) is 6.63. The number of nitrogens with zero attached hydrogens (tertiary/aromatic N) is 1. The van der Waals surface area contributed by atoms with Crippen molar-refractivity contribution in [3.8, 4) is 0 Å². The molecule has 0 saturated heterocycles. The molecular weight excluding hydrogens is 292 g/mol. The lowest BCUT2D eigenvalue weighted by atomic mass is 10.0. The fourth-order valence-corrected chi connectivity index (χ4v) is 3.21. The summed E-state index contributed by atoms with van der Waals surface area (Å²) in [6.45, 7) is 5.53. The van der Waals surface area contributed by atoms with Gasteiger partial charge in [0.25, 0.3) is 10.0 Å². The topological polar surface area (TPSA) is 95.3 Å². The van der Waals surface area contributed by atoms with E-state index in [-0.39, 0.29) is 22.2 Å². The van der Waals surface area contributed by atoms with Gasteiger partial charge in [0, 0.05) is 0 Å². The Morgan fingerprint density at radius 3 is 2.38 bits per heavy atom. The fourth-order valence-electron chi connectivity index (χ4n) is 2.02. The summed E-state index contributed by atoms with van der Waals surface area (Å²) in [5.74, 6) is -0.328. The summed E-state index contributed by atoms with van der Waals surface area (Å²) in [5.41, 5.74) is 6.24. The van der Waals surface area contributed by atoms with E-state index in [2.05, 4.69) is 0 Å². The summed E-state index contributed by atoms with van der Waals surface area (Å²) in [5, 5.41) is 0. The molecule has 1 aromatic carbocycles. The van der Waals surface area contributed by atoms with E-state index in [0.717, 1.165) is 5.56 Å². The minimum atomic E-state index is -4.00. The highest BCUT2D eigenvalue weighted by molar-refractivity contribution is 7.89. The number of anilines is 1. The fraction of sp³-hybridized carbons (Fsp3) is 0.357. The van der Waals surface area contributed by atoms with Crippen molar-refractivity contribution in [3.63, 3.8) is 0 Å². The Balaban J connectivity index is 2.61. The van der Waals surface area contributed by atoms with E-state index < -0.39 is 15.6 Å². The molecule has 0 spiro atoms. The van der Waals surface area contributed by atoms with E-state index >= 15 is 0 Å². The van der Waals surface area contributed by atoms with Crippen LogP contribution in [-0.4, -0.2) is 12.6 Å². The zero-order valence-electron chi connectivity index (χ0n) is 12.2. The van der Waals surface area contributed by atoms with Crippen LogP contribution in [0.4, 0.5) is 5.82 Å². The molecule has 0 fully saturated rings. The van der Waals surface area contributed by atoms with Crippen LogP contribution in [0.5, 0.6) is 0 Å². The van der Waals surface area contributed by atoms with Gasteiger partial charge >= 0.3 is 5.63 Å². The third-order valence-corrected chi connectivity index (χ3v) is 5.08. The van der Waals surface area contributed by atoms with Crippen LogP contribution in [0.3, 0.4) is 0 Å². The van der Waals surface area contributed by atoms with Gasteiger partial charge < -0.3 is 10.3 Å². The second-order valence-electron chi connectivity index (χ2n) is 5.03. The van der Waals surface area contributed by atoms with Crippen LogP contribution in [0.15, 0.2) is 38.5 Å². The SMILES string of the molecule is CCC(C)c1c(N)n(S(=O)(=O)c2ccc(C)cc2)oc1=O. The lowest BCUT2D eigenvalue weighted by molar-refractivity contribution is 0.344. The number of aromatic nitrogens is 1. The largest absolute Gasteiger partial charge is 0.381 e. The molecule has 0 amide bonds. The first-order valence-corrected chi connectivity index (χ1v) is 8.07. The van der Waals surface area contributed by atoms with Crippen LogP contribution >= 0.6 is 0 Å². The zero-order valence-corrected chi connectivity index (χ0v) is 13.0. The Morgan fingerprint density at radius 2 is 1.86 bits per heavy atom. The summed E-state index contributed by atoms with van der Waals surface area (Å²) < 4.78 is 30.4. The van der Waals surface area contributed by atoms with Crippen molar-refractivity contribution in [2.75, 3.05) is 5.73 Å². The Kier molecular flexibility index (Phi) is 3.95. The van der Waals surface area contributed by atoms with E-state index in [9.17, 15) is 13.2 Å². The van der Waals surface area contributed by atoms with Crippen LogP contribution in [0.25, 0.3) is 0 Å². The molecule has 0 aliphatic rings. The summed E-state index contributed by atoms with van der Waals surface area (Å²) in [6, 6.07) is 6.24. The second-order valence-corrected chi connectivity index (χ2v) is 6.79. The van der Waals surface area contributed by atoms with Gasteiger partial charge in [0.15, 0.2) is 5.82 Å². The van der Waals surface area contributed by atoms with Gasteiger partial charge in [0.1, 0.15) is 0 Å². The monoisotopic (exact) mass is 310 g/mol. The Hall–Kier alpha value is -2.02. The molecule has 21 heavy (non-hydrogen) atoms. The average molecular weight is 310 g/mol. The lowest BCUT2D eigenvalue weighted by Crippen LogP contribution is -2.15. The molecule has 0 aliphatic carbocycles. The maximum absolute atomic E-state index is 12.5. The molecule has 1 aromatic heterocycles. The first kappa shape index (κ1) is 15.4. The average Bonchev–Trinajstić information content (AvgIpc) is 2.74. The van der Waals surface area contributed by atoms with Crippen molar-refractivity contribution in [2.24, 2.45) is 0 Å². The van der Waals surface area contributed by atoms with Crippen LogP contribution in [0.2, 0.25) is 0 Å². The van der Waals surface area contributed by atoms with Gasteiger partial charge in [-0.05, 0) is 31.4 Å². The maximum Gasteiger partial charge on any atom is 0.364 e. The summed E-state index contributed by atoms with van der Waals surface area (Å²) in [4.78, 5) is 11.9. The van der Waals surface area contributed by atoms with E-state index in [1.165, 1.54) is 12.1 Å². The number of rotatable bonds is 4. The van der Waals surface area contributed by atoms with E-state index in [0.29, 0.717) is 10.6 Å². The number of nitrogens with two attached hydrogens (primary N) is 1. The Morgan fingerprint density at radius 1 is 1.29 bits per heavy atom. The molecule has 0 bridgehead atoms. The van der Waals surface area contributed by atoms with Crippen molar-refractivity contribution >= 4 is 15.8 Å². The second kappa shape index (κ2) is 5.40. The predicted molar refractivity (Wildman–Crippen MR) is 79.8 cm³/mol. The highest BCUT2D eigenvalue weighted by Crippen LogP contribution is 2.25. The van der Waals surface area contributed by atoms with Gasteiger partial charge in [-0.1, -0.05) is 35.7 Å². The van der Waals surface area contributed by atoms with Crippen molar-refractivity contribution in [1.82, 2.24) is 4.15 Å². The Bertz CT molecular complexity index is 800. The number of benzene rings is 1. The number of aryl methyl sites for hydroxylation is 1. The molecule has 0 saturated carbocycles. The minimum absolute atomic E-state index is 0.0225. The molecule has 2 rings (SSSR count). The standard InChI is InChI=1S/C14H18N2O4S/c1-4-10(3)12-13(15)16(20-14(12)17)21(18,19)11-7-5-9(2)6-8-11/h5-8,10H,4,15H2,1-3H3. The third kappa shape index (κ3) is 2.61. The molecule has 2 N–H and O–H groups in total. The van der Waals surface area contributed by atoms with E-state index in [4.69, 9.17) is 10.3 Å². The van der Waals surface area contributed by atoms with Gasteiger partial charge in [-0.2, -0.15) is 8.42 Å². The minimum Gasteiger partial charge on any atom is -0.381 e. The third-order valence-electron chi connectivity index (χ3n) is 3.50. The van der Waals surface area contributed by atoms with Gasteiger partial charge in [-0.25, -0.2) is 4.79 Å². The highest BCUT2D eigenvalue weighted by Gasteiger charge is 2.27. The summed E-state index contributed by atoms with van der Waals surface area (Å²) in [7, 11) is -4.00. The molecule has 1 atom stereocenters. The van der Waals surface area contributed by atoms with Gasteiger partial charge in [-0.3, -0.25) is 0 Å². The highest BCUT2D eigenvalue weighted by atomic mass is 32.2. The summed E-state index contributed by atoms with van der Waals surface area (Å²) >= 11 is 0. The van der Waals surface area contributed by atoms with Crippen molar-refractivity contribution < 1.29 is 12.9 Å². The van der Waals surface area contributed by atoms with Crippen LogP contribution in [0.1, 0.15) is 37.3 Å². The maximum atomic E-state index is 12.5. The molecule has 0 radical (unpaired) electrons. The predicted octanol–water partition coefficient (Wildman–Crippen LogP) is 2.08. The van der Waals surface area contributed by atoms with Crippen molar-refractivity contribution in [2.45, 2.75) is 38.0 Å². The van der Waals surface area contributed by atoms with Crippen molar-refractivity contribution in [1.29, 1.82) is 0 Å². The van der Waals surface area contributed by atoms with Crippen molar-refractivity contribution in [3.05, 3.63) is 45.8 Å². The van der Waals surface area contributed by atoms with Crippen LogP contribution < -0.4 is 11.4 Å². The number of nitrogen functional groups attached to an aromatic ring is 1. The molecule has 7 heteroatoms. The molecule has 1 unspecified atom stereocenters. The van der Waals surface area contributed by atoms with Gasteiger partial charge in [-0.15, -0.1) is 0 Å². The van der Waals surface area contributed by atoms with Gasteiger partial charge in [0.05, 0.1) is 10.5 Å². The zero-order chi connectivity index (χ0) is 15.8. The normalized spacial score (nSPS) is 13.3. The van der Waals surface area contributed by atoms with E-state index in [1.807, 2.05) is 13.8 Å². The van der Waals surface area contributed by atoms with Crippen LogP contribution in [-0.2, 0) is 10.0 Å². The molecule has 0 aliphatic heterocycles. The number of hydrogen-bond donors (Lipinski definition) is 1. The molecule has 6 nitrogen and oxygen atoms in total.